The number of hydrogen-bond acceptors (Lipinski definition) is 5. The van der Waals surface area contributed by atoms with Crippen LogP contribution in [0.5, 0.6) is 0 Å². The van der Waals surface area contributed by atoms with Crippen LogP contribution in [0.2, 0.25) is 0 Å². The predicted octanol–water partition coefficient (Wildman–Crippen LogP) is 2.27. The molecule has 0 radical (unpaired) electrons. The van der Waals surface area contributed by atoms with E-state index in [1.807, 2.05) is 27.7 Å². The van der Waals surface area contributed by atoms with E-state index in [1.165, 1.54) is 4.31 Å². The standard InChI is InChI=1S/C23H35N3O5S/c1-16(2)31-13-7-11-24-21(27)17-8-6-12-26(15-17)32(29,30)18-9-10-20-19(14-18)23(3,4)22(28)25(20)5/h9-10,14,16-17H,6-8,11-13,15H2,1-5H3,(H,24,27). The van der Waals surface area contributed by atoms with E-state index in [2.05, 4.69) is 5.32 Å². The van der Waals surface area contributed by atoms with Crippen LogP contribution in [0.1, 0.15) is 52.5 Å². The van der Waals surface area contributed by atoms with Crippen LogP contribution < -0.4 is 10.2 Å². The number of nitrogens with one attached hydrogen (secondary N) is 1. The summed E-state index contributed by atoms with van der Waals surface area (Å²) >= 11 is 0. The van der Waals surface area contributed by atoms with Gasteiger partial charge in [0.05, 0.1) is 22.3 Å². The molecule has 1 unspecified atom stereocenters. The van der Waals surface area contributed by atoms with Gasteiger partial charge in [0.15, 0.2) is 0 Å². The second-order valence-corrected chi connectivity index (χ2v) is 11.4. The molecular weight excluding hydrogens is 430 g/mol. The Balaban J connectivity index is 1.68. The van der Waals surface area contributed by atoms with Gasteiger partial charge in [0.2, 0.25) is 21.8 Å². The molecule has 0 spiro atoms. The largest absolute Gasteiger partial charge is 0.379 e. The van der Waals surface area contributed by atoms with Gasteiger partial charge >= 0.3 is 0 Å². The first-order chi connectivity index (χ1) is 15.0. The van der Waals surface area contributed by atoms with E-state index in [-0.39, 0.29) is 35.3 Å². The summed E-state index contributed by atoms with van der Waals surface area (Å²) in [5, 5.41) is 2.91. The van der Waals surface area contributed by atoms with Crippen molar-refractivity contribution in [2.45, 2.75) is 63.4 Å². The summed E-state index contributed by atoms with van der Waals surface area (Å²) in [6.45, 7) is 9.18. The van der Waals surface area contributed by atoms with Crippen molar-refractivity contribution in [2.75, 3.05) is 38.2 Å². The lowest BCUT2D eigenvalue weighted by molar-refractivity contribution is -0.126. The summed E-state index contributed by atoms with van der Waals surface area (Å²) in [5.41, 5.74) is 0.663. The number of amides is 2. The van der Waals surface area contributed by atoms with Crippen molar-refractivity contribution in [1.82, 2.24) is 9.62 Å². The highest BCUT2D eigenvalue weighted by Gasteiger charge is 2.43. The molecule has 0 aliphatic carbocycles. The van der Waals surface area contributed by atoms with Gasteiger partial charge in [-0.05, 0) is 70.7 Å². The van der Waals surface area contributed by atoms with Crippen LogP contribution in [0, 0.1) is 5.92 Å². The van der Waals surface area contributed by atoms with Gasteiger partial charge in [0.1, 0.15) is 0 Å². The molecule has 1 fully saturated rings. The fourth-order valence-corrected chi connectivity index (χ4v) is 5.93. The van der Waals surface area contributed by atoms with Gasteiger partial charge < -0.3 is 15.0 Å². The molecule has 178 valence electrons. The average molecular weight is 466 g/mol. The van der Waals surface area contributed by atoms with Crippen LogP contribution in [0.25, 0.3) is 0 Å². The Kier molecular flexibility index (Phi) is 7.31. The molecule has 1 saturated heterocycles. The van der Waals surface area contributed by atoms with E-state index >= 15 is 0 Å². The molecule has 32 heavy (non-hydrogen) atoms. The zero-order valence-corrected chi connectivity index (χ0v) is 20.5. The molecule has 2 heterocycles. The Bertz CT molecular complexity index is 974. The Hall–Kier alpha value is -1.97. The lowest BCUT2D eigenvalue weighted by Crippen LogP contribution is -2.45. The first-order valence-corrected chi connectivity index (χ1v) is 12.7. The Morgan fingerprint density at radius 1 is 1.31 bits per heavy atom. The van der Waals surface area contributed by atoms with Gasteiger partial charge in [-0.3, -0.25) is 9.59 Å². The number of benzene rings is 1. The second kappa shape index (κ2) is 9.49. The minimum atomic E-state index is -3.77. The second-order valence-electron chi connectivity index (χ2n) is 9.43. The van der Waals surface area contributed by atoms with Crippen molar-refractivity contribution in [1.29, 1.82) is 0 Å². The Morgan fingerprint density at radius 2 is 2.03 bits per heavy atom. The third kappa shape index (κ3) is 4.84. The maximum atomic E-state index is 13.4. The number of fused-ring (bicyclic) bond motifs is 1. The van der Waals surface area contributed by atoms with Crippen molar-refractivity contribution in [3.63, 3.8) is 0 Å². The van der Waals surface area contributed by atoms with Crippen LogP contribution in [0.3, 0.4) is 0 Å². The number of likely N-dealkylation sites (N-methyl/N-ethyl adjacent to an activating group) is 1. The molecule has 1 aromatic carbocycles. The third-order valence-corrected chi connectivity index (χ3v) is 8.17. The Morgan fingerprint density at radius 3 is 2.72 bits per heavy atom. The minimum absolute atomic E-state index is 0.0597. The topological polar surface area (TPSA) is 96.0 Å². The van der Waals surface area contributed by atoms with Crippen LogP contribution in [0.15, 0.2) is 23.1 Å². The summed E-state index contributed by atoms with van der Waals surface area (Å²) < 4.78 is 33.6. The highest BCUT2D eigenvalue weighted by Crippen LogP contribution is 2.42. The van der Waals surface area contributed by atoms with E-state index in [4.69, 9.17) is 4.74 Å². The number of anilines is 1. The van der Waals surface area contributed by atoms with Crippen LogP contribution in [0.4, 0.5) is 5.69 Å². The van der Waals surface area contributed by atoms with Gasteiger partial charge in [-0.25, -0.2) is 8.42 Å². The first kappa shape index (κ1) is 24.7. The van der Waals surface area contributed by atoms with Crippen molar-refractivity contribution < 1.29 is 22.7 Å². The van der Waals surface area contributed by atoms with Crippen molar-refractivity contribution in [3.8, 4) is 0 Å². The third-order valence-electron chi connectivity index (χ3n) is 6.31. The molecule has 2 aliphatic rings. The smallest absolute Gasteiger partial charge is 0.243 e. The predicted molar refractivity (Wildman–Crippen MR) is 123 cm³/mol. The normalized spacial score (nSPS) is 21.1. The number of carbonyl (C=O) groups is 2. The summed E-state index contributed by atoms with van der Waals surface area (Å²) in [6, 6.07) is 4.87. The van der Waals surface area contributed by atoms with Crippen LogP contribution >= 0.6 is 0 Å². The number of hydrogen-bond donors (Lipinski definition) is 1. The van der Waals surface area contributed by atoms with Crippen LogP contribution in [-0.2, 0) is 29.8 Å². The highest BCUT2D eigenvalue weighted by atomic mass is 32.2. The molecule has 8 nitrogen and oxygen atoms in total. The fourth-order valence-electron chi connectivity index (χ4n) is 4.38. The molecule has 1 N–H and O–H groups in total. The molecule has 0 bridgehead atoms. The SMILES string of the molecule is CC(C)OCCCNC(=O)C1CCCN(S(=O)(=O)c2ccc3c(c2)C(C)(C)C(=O)N3C)C1. The quantitative estimate of drug-likeness (QED) is 0.594. The van der Waals surface area contributed by atoms with Gasteiger partial charge in [-0.1, -0.05) is 0 Å². The van der Waals surface area contributed by atoms with E-state index in [0.29, 0.717) is 38.1 Å². The average Bonchev–Trinajstić information content (AvgIpc) is 2.93. The van der Waals surface area contributed by atoms with Gasteiger partial charge in [-0.2, -0.15) is 4.31 Å². The lowest BCUT2D eigenvalue weighted by atomic mass is 9.86. The van der Waals surface area contributed by atoms with E-state index in [9.17, 15) is 18.0 Å². The summed E-state index contributed by atoms with van der Waals surface area (Å²) in [4.78, 5) is 26.9. The van der Waals surface area contributed by atoms with Crippen molar-refractivity contribution >= 4 is 27.5 Å². The van der Waals surface area contributed by atoms with Gasteiger partial charge in [0, 0.05) is 39.0 Å². The first-order valence-electron chi connectivity index (χ1n) is 11.3. The monoisotopic (exact) mass is 465 g/mol. The number of ether oxygens (including phenoxy) is 1. The van der Waals surface area contributed by atoms with Crippen molar-refractivity contribution in [2.24, 2.45) is 5.92 Å². The van der Waals surface area contributed by atoms with E-state index in [1.54, 1.807) is 30.1 Å². The number of piperidine rings is 1. The molecule has 3 rings (SSSR count). The maximum absolute atomic E-state index is 13.4. The van der Waals surface area contributed by atoms with Gasteiger partial charge in [-0.15, -0.1) is 0 Å². The van der Waals surface area contributed by atoms with Crippen molar-refractivity contribution in [3.05, 3.63) is 23.8 Å². The number of rotatable bonds is 8. The summed E-state index contributed by atoms with van der Waals surface area (Å²) in [7, 11) is -2.07. The number of carbonyl (C=O) groups excluding carboxylic acids is 2. The molecule has 9 heteroatoms. The molecule has 0 saturated carbocycles. The lowest BCUT2D eigenvalue weighted by Gasteiger charge is -2.31. The fraction of sp³-hybridized carbons (Fsp3) is 0.652. The van der Waals surface area contributed by atoms with Gasteiger partial charge in [0.25, 0.3) is 0 Å². The van der Waals surface area contributed by atoms with E-state index < -0.39 is 15.4 Å². The molecular formula is C23H35N3O5S. The summed E-state index contributed by atoms with van der Waals surface area (Å²) in [6.07, 6.45) is 2.17. The summed E-state index contributed by atoms with van der Waals surface area (Å²) in [5.74, 6) is -0.546. The molecule has 1 atom stereocenters. The molecule has 1 aromatic rings. The Labute approximate surface area is 191 Å². The zero-order valence-electron chi connectivity index (χ0n) is 19.7. The minimum Gasteiger partial charge on any atom is -0.379 e. The molecule has 2 amide bonds. The number of sulfonamides is 1. The molecule has 0 aromatic heterocycles. The number of nitrogens with zero attached hydrogens (tertiary/aromatic N) is 2. The highest BCUT2D eigenvalue weighted by molar-refractivity contribution is 7.89. The van der Waals surface area contributed by atoms with Crippen LogP contribution in [-0.4, -0.2) is 63.9 Å². The zero-order chi connectivity index (χ0) is 23.7. The molecule has 2 aliphatic heterocycles. The maximum Gasteiger partial charge on any atom is 0.243 e. The van der Waals surface area contributed by atoms with E-state index in [0.717, 1.165) is 12.1 Å².